The fourth-order valence-corrected chi connectivity index (χ4v) is 11.3. The molecule has 0 aliphatic heterocycles. The normalized spacial score (nSPS) is 12.2. The SMILES string of the molecule is CCCCCCC/C=C\C/C=C\CCCCCCCCCCCCCCCCCC(=O)OCC(COC(=O)CCCCCCCCCCCCCCCC)OC(=O)CCCCCCCCCCCCC/C=C\CCCCCCCCCC. The van der Waals surface area contributed by atoms with E-state index in [0.717, 1.165) is 64.2 Å². The smallest absolute Gasteiger partial charge is 0.306 e. The summed E-state index contributed by atoms with van der Waals surface area (Å²) in [6, 6.07) is 0. The van der Waals surface area contributed by atoms with E-state index in [0.29, 0.717) is 19.3 Å². The summed E-state index contributed by atoms with van der Waals surface area (Å²) in [4.78, 5) is 38.5. The number of unbranched alkanes of at least 4 members (excludes halogenated alkanes) is 52. The zero-order valence-corrected chi connectivity index (χ0v) is 55.5. The number of carbonyl (C=O) groups excluding carboxylic acids is 3. The van der Waals surface area contributed by atoms with Crippen molar-refractivity contribution >= 4 is 17.9 Å². The number of esters is 3. The summed E-state index contributed by atoms with van der Waals surface area (Å²) in [6.45, 7) is 6.71. The van der Waals surface area contributed by atoms with Crippen molar-refractivity contribution in [2.75, 3.05) is 13.2 Å². The summed E-state index contributed by atoms with van der Waals surface area (Å²) < 4.78 is 17.0. The molecule has 0 aromatic heterocycles. The predicted molar refractivity (Wildman–Crippen MR) is 358 cm³/mol. The van der Waals surface area contributed by atoms with Crippen LogP contribution in [0.3, 0.4) is 0 Å². The quantitative estimate of drug-likeness (QED) is 0.0261. The fraction of sp³-hybridized carbons (Fsp3) is 0.882. The van der Waals surface area contributed by atoms with E-state index in [1.807, 2.05) is 0 Å². The first-order valence-corrected chi connectivity index (χ1v) is 37.0. The van der Waals surface area contributed by atoms with Crippen LogP contribution in [0.1, 0.15) is 412 Å². The molecule has 1 unspecified atom stereocenters. The van der Waals surface area contributed by atoms with E-state index in [1.165, 1.54) is 308 Å². The number of ether oxygens (including phenoxy) is 3. The second-order valence-corrected chi connectivity index (χ2v) is 25.2. The third-order valence-electron chi connectivity index (χ3n) is 16.9. The Labute approximate surface area is 512 Å². The van der Waals surface area contributed by atoms with Gasteiger partial charge < -0.3 is 14.2 Å². The van der Waals surface area contributed by atoms with Gasteiger partial charge in [-0.25, -0.2) is 0 Å². The average molecular weight is 1150 g/mol. The highest BCUT2D eigenvalue weighted by molar-refractivity contribution is 5.71. The van der Waals surface area contributed by atoms with E-state index in [9.17, 15) is 14.4 Å². The second kappa shape index (κ2) is 71.1. The number of hydrogen-bond acceptors (Lipinski definition) is 6. The topological polar surface area (TPSA) is 78.9 Å². The molecule has 0 spiro atoms. The highest BCUT2D eigenvalue weighted by Crippen LogP contribution is 2.19. The van der Waals surface area contributed by atoms with Crippen LogP contribution >= 0.6 is 0 Å². The average Bonchev–Trinajstić information content (AvgIpc) is 3.48. The van der Waals surface area contributed by atoms with Crippen molar-refractivity contribution in [3.8, 4) is 0 Å². The summed E-state index contributed by atoms with van der Waals surface area (Å²) in [7, 11) is 0. The Bertz CT molecular complexity index is 1370. The van der Waals surface area contributed by atoms with Crippen LogP contribution in [0.25, 0.3) is 0 Å². The fourth-order valence-electron chi connectivity index (χ4n) is 11.3. The van der Waals surface area contributed by atoms with Crippen molar-refractivity contribution < 1.29 is 28.6 Å². The first-order chi connectivity index (χ1) is 40.5. The molecule has 0 saturated carbocycles. The minimum absolute atomic E-state index is 0.0663. The van der Waals surface area contributed by atoms with Gasteiger partial charge in [-0.3, -0.25) is 14.4 Å². The minimum atomic E-state index is -0.771. The third-order valence-corrected chi connectivity index (χ3v) is 16.9. The molecule has 0 aromatic rings. The van der Waals surface area contributed by atoms with Gasteiger partial charge in [-0.1, -0.05) is 353 Å². The van der Waals surface area contributed by atoms with E-state index >= 15 is 0 Å². The molecule has 0 aromatic carbocycles. The minimum Gasteiger partial charge on any atom is -0.462 e. The lowest BCUT2D eigenvalue weighted by Crippen LogP contribution is -2.30. The zero-order chi connectivity index (χ0) is 59.2. The van der Waals surface area contributed by atoms with Crippen molar-refractivity contribution in [3.63, 3.8) is 0 Å². The van der Waals surface area contributed by atoms with E-state index < -0.39 is 6.10 Å². The second-order valence-electron chi connectivity index (χ2n) is 25.2. The highest BCUT2D eigenvalue weighted by atomic mass is 16.6. The molecule has 0 aliphatic carbocycles. The van der Waals surface area contributed by atoms with Gasteiger partial charge in [-0.2, -0.15) is 0 Å². The van der Waals surface area contributed by atoms with Gasteiger partial charge in [-0.15, -0.1) is 0 Å². The molecule has 0 amide bonds. The maximum atomic E-state index is 13.0. The van der Waals surface area contributed by atoms with Crippen molar-refractivity contribution in [2.45, 2.75) is 419 Å². The van der Waals surface area contributed by atoms with Crippen LogP contribution in [-0.4, -0.2) is 37.2 Å². The molecular formula is C76H142O6. The van der Waals surface area contributed by atoms with Gasteiger partial charge in [0, 0.05) is 19.3 Å². The van der Waals surface area contributed by atoms with Crippen LogP contribution in [0.2, 0.25) is 0 Å². The van der Waals surface area contributed by atoms with Crippen molar-refractivity contribution in [1.82, 2.24) is 0 Å². The van der Waals surface area contributed by atoms with Gasteiger partial charge in [0.25, 0.3) is 0 Å². The maximum Gasteiger partial charge on any atom is 0.306 e. The lowest BCUT2D eigenvalue weighted by Gasteiger charge is -2.18. The zero-order valence-electron chi connectivity index (χ0n) is 55.5. The summed E-state index contributed by atoms with van der Waals surface area (Å²) in [6.07, 6.45) is 88.9. The summed E-state index contributed by atoms with van der Waals surface area (Å²) in [5.41, 5.74) is 0. The Hall–Kier alpha value is -2.37. The first kappa shape index (κ1) is 79.6. The van der Waals surface area contributed by atoms with Crippen LogP contribution in [0, 0.1) is 0 Å². The van der Waals surface area contributed by atoms with Crippen LogP contribution in [0.5, 0.6) is 0 Å². The van der Waals surface area contributed by atoms with Gasteiger partial charge in [-0.05, 0) is 77.0 Å². The maximum absolute atomic E-state index is 13.0. The number of hydrogen-bond donors (Lipinski definition) is 0. The van der Waals surface area contributed by atoms with Crippen LogP contribution in [0.4, 0.5) is 0 Å². The largest absolute Gasteiger partial charge is 0.462 e. The van der Waals surface area contributed by atoms with Gasteiger partial charge in [0.2, 0.25) is 0 Å². The van der Waals surface area contributed by atoms with Crippen LogP contribution < -0.4 is 0 Å². The van der Waals surface area contributed by atoms with Crippen molar-refractivity contribution in [1.29, 1.82) is 0 Å². The monoisotopic (exact) mass is 1150 g/mol. The van der Waals surface area contributed by atoms with E-state index in [-0.39, 0.29) is 31.1 Å². The standard InChI is InChI=1S/C76H142O6/c1-4-7-10-13-16-19-22-25-28-30-32-34-36-37-38-39-41-42-44-46-48-51-54-57-60-63-66-69-75(78)81-72-73(71-80-74(77)68-65-62-59-56-53-50-27-24-21-18-15-12-9-6-3)82-76(79)70-67-64-61-58-55-52-49-47-45-43-40-35-33-31-29-26-23-20-17-14-11-8-5-2/h22,25,30-33,73H,4-21,23-24,26-29,34-72H2,1-3H3/b25-22-,32-30-,33-31-. The molecule has 1 atom stereocenters. The Morgan fingerprint density at radius 1 is 0.244 bits per heavy atom. The Morgan fingerprint density at radius 2 is 0.439 bits per heavy atom. The Balaban J connectivity index is 4.23. The molecule has 0 radical (unpaired) electrons. The number of rotatable bonds is 69. The van der Waals surface area contributed by atoms with Gasteiger partial charge in [0.05, 0.1) is 0 Å². The Kier molecular flexibility index (Phi) is 69.1. The third kappa shape index (κ3) is 68.4. The summed E-state index contributed by atoms with van der Waals surface area (Å²) in [5.74, 6) is -0.835. The van der Waals surface area contributed by atoms with Gasteiger partial charge in [0.1, 0.15) is 13.2 Å². The predicted octanol–water partition coefficient (Wildman–Crippen LogP) is 25.5. The molecule has 6 nitrogen and oxygen atoms in total. The van der Waals surface area contributed by atoms with E-state index in [2.05, 4.69) is 57.2 Å². The number of carbonyl (C=O) groups is 3. The molecular weight excluding hydrogens is 1010 g/mol. The summed E-state index contributed by atoms with van der Waals surface area (Å²) >= 11 is 0. The number of allylic oxidation sites excluding steroid dienone is 6. The molecule has 6 heteroatoms. The van der Waals surface area contributed by atoms with E-state index in [1.54, 1.807) is 0 Å². The van der Waals surface area contributed by atoms with Gasteiger partial charge in [0.15, 0.2) is 6.10 Å². The van der Waals surface area contributed by atoms with Crippen LogP contribution in [-0.2, 0) is 28.6 Å². The molecule has 0 rings (SSSR count). The molecule has 0 heterocycles. The molecule has 0 bridgehead atoms. The first-order valence-electron chi connectivity index (χ1n) is 37.0. The molecule has 0 aliphatic rings. The molecule has 82 heavy (non-hydrogen) atoms. The molecule has 0 fully saturated rings. The Morgan fingerprint density at radius 3 is 0.683 bits per heavy atom. The van der Waals surface area contributed by atoms with E-state index in [4.69, 9.17) is 14.2 Å². The van der Waals surface area contributed by atoms with Gasteiger partial charge >= 0.3 is 17.9 Å². The van der Waals surface area contributed by atoms with Crippen molar-refractivity contribution in [3.05, 3.63) is 36.5 Å². The summed E-state index contributed by atoms with van der Waals surface area (Å²) in [5, 5.41) is 0. The lowest BCUT2D eigenvalue weighted by atomic mass is 10.0. The molecule has 0 N–H and O–H groups in total. The molecule has 0 saturated heterocycles. The van der Waals surface area contributed by atoms with Crippen LogP contribution in [0.15, 0.2) is 36.5 Å². The highest BCUT2D eigenvalue weighted by Gasteiger charge is 2.20. The van der Waals surface area contributed by atoms with Crippen molar-refractivity contribution in [2.24, 2.45) is 0 Å². The molecule has 482 valence electrons. The lowest BCUT2D eigenvalue weighted by molar-refractivity contribution is -0.167.